The second-order valence-corrected chi connectivity index (χ2v) is 8.75. The first-order valence-corrected chi connectivity index (χ1v) is 8.96. The molecule has 0 unspecified atom stereocenters. The zero-order chi connectivity index (χ0) is 15.7. The second kappa shape index (κ2) is 4.67. The lowest BCUT2D eigenvalue weighted by molar-refractivity contribution is -0.119. The molecule has 0 saturated heterocycles. The van der Waals surface area contributed by atoms with Crippen LogP contribution >= 0.6 is 0 Å². The summed E-state index contributed by atoms with van der Waals surface area (Å²) in [6, 6.07) is 0. The Bertz CT molecular complexity index is 539. The molecule has 0 aliphatic heterocycles. The van der Waals surface area contributed by atoms with Crippen molar-refractivity contribution < 1.29 is 15.0 Å². The minimum Gasteiger partial charge on any atom is -0.393 e. The Morgan fingerprint density at radius 3 is 2.68 bits per heavy atom. The summed E-state index contributed by atoms with van der Waals surface area (Å²) in [5.41, 5.74) is 1.40. The van der Waals surface area contributed by atoms with Gasteiger partial charge in [0.15, 0.2) is 5.78 Å². The van der Waals surface area contributed by atoms with Crippen molar-refractivity contribution >= 4 is 5.78 Å². The number of aliphatic hydroxyl groups is 2. The van der Waals surface area contributed by atoms with E-state index in [1.54, 1.807) is 0 Å². The van der Waals surface area contributed by atoms with Gasteiger partial charge < -0.3 is 10.2 Å². The van der Waals surface area contributed by atoms with Crippen molar-refractivity contribution in [2.75, 3.05) is 0 Å². The van der Waals surface area contributed by atoms with Gasteiger partial charge in [-0.15, -0.1) is 0 Å². The Morgan fingerprint density at radius 1 is 1.14 bits per heavy atom. The monoisotopic (exact) mass is 304 g/mol. The van der Waals surface area contributed by atoms with Gasteiger partial charge in [0.25, 0.3) is 0 Å². The SMILES string of the molecule is C[C@]12CC[C@H]3[C@@H](CCC4=CC(=O)CC[C@@]43C)[C@@H]1[C@@H](O)C[C@@H]2O. The van der Waals surface area contributed by atoms with Gasteiger partial charge in [0.05, 0.1) is 12.2 Å². The molecule has 0 aromatic carbocycles. The van der Waals surface area contributed by atoms with E-state index < -0.39 is 0 Å². The number of rotatable bonds is 0. The van der Waals surface area contributed by atoms with Crippen LogP contribution in [0.25, 0.3) is 0 Å². The van der Waals surface area contributed by atoms with E-state index in [1.807, 2.05) is 6.08 Å². The van der Waals surface area contributed by atoms with Crippen LogP contribution < -0.4 is 0 Å². The fraction of sp³-hybridized carbons (Fsp3) is 0.842. The second-order valence-electron chi connectivity index (χ2n) is 8.75. The molecule has 3 heteroatoms. The molecule has 0 heterocycles. The molecule has 0 spiro atoms. The van der Waals surface area contributed by atoms with Crippen LogP contribution in [-0.2, 0) is 4.79 Å². The van der Waals surface area contributed by atoms with Gasteiger partial charge in [0, 0.05) is 12.8 Å². The average molecular weight is 304 g/mol. The van der Waals surface area contributed by atoms with E-state index in [2.05, 4.69) is 13.8 Å². The molecule has 7 atom stereocenters. The largest absolute Gasteiger partial charge is 0.393 e. The molecule has 0 aromatic heterocycles. The van der Waals surface area contributed by atoms with Gasteiger partial charge in [-0.2, -0.15) is 0 Å². The first-order valence-electron chi connectivity index (χ1n) is 8.96. The fourth-order valence-electron chi connectivity index (χ4n) is 6.59. The number of carbonyl (C=O) groups is 1. The van der Waals surface area contributed by atoms with E-state index in [0.717, 1.165) is 32.1 Å². The maximum Gasteiger partial charge on any atom is 0.155 e. The number of aliphatic hydroxyl groups excluding tert-OH is 2. The maximum absolute atomic E-state index is 11.8. The van der Waals surface area contributed by atoms with E-state index in [0.29, 0.717) is 30.5 Å². The molecule has 4 aliphatic rings. The van der Waals surface area contributed by atoms with Crippen LogP contribution in [0.3, 0.4) is 0 Å². The number of hydrogen-bond donors (Lipinski definition) is 2. The molecule has 0 bridgehead atoms. The number of carbonyl (C=O) groups excluding carboxylic acids is 1. The molecule has 122 valence electrons. The summed E-state index contributed by atoms with van der Waals surface area (Å²) in [4.78, 5) is 11.8. The van der Waals surface area contributed by atoms with Gasteiger partial charge in [-0.25, -0.2) is 0 Å². The van der Waals surface area contributed by atoms with E-state index in [1.165, 1.54) is 5.57 Å². The van der Waals surface area contributed by atoms with Crippen LogP contribution in [0.5, 0.6) is 0 Å². The minimum atomic E-state index is -0.355. The Hall–Kier alpha value is -0.670. The summed E-state index contributed by atoms with van der Waals surface area (Å²) in [7, 11) is 0. The molecule has 3 nitrogen and oxygen atoms in total. The van der Waals surface area contributed by atoms with E-state index in [9.17, 15) is 15.0 Å². The number of allylic oxidation sites excluding steroid dienone is 1. The standard InChI is InChI=1S/C19H28O3/c1-18-7-5-12(20)9-11(18)3-4-13-14(18)6-8-19(2)16(22)10-15(21)17(13)19/h9,13-17,21-22H,3-8,10H2,1-2H3/t13-,14+,15+,16+,17-,18+,19-/m1/s1. The van der Waals surface area contributed by atoms with Gasteiger partial charge >= 0.3 is 0 Å². The first kappa shape index (κ1) is 14.9. The highest BCUT2D eigenvalue weighted by Gasteiger charge is 2.61. The highest BCUT2D eigenvalue weighted by molar-refractivity contribution is 5.91. The third-order valence-corrected chi connectivity index (χ3v) is 7.90. The Balaban J connectivity index is 1.71. The molecular weight excluding hydrogens is 276 g/mol. The summed E-state index contributed by atoms with van der Waals surface area (Å²) in [6.07, 6.45) is 7.62. The molecular formula is C19H28O3. The van der Waals surface area contributed by atoms with Crippen LogP contribution in [0.4, 0.5) is 0 Å². The maximum atomic E-state index is 11.8. The van der Waals surface area contributed by atoms with Crippen LogP contribution in [0.15, 0.2) is 11.6 Å². The molecule has 3 fully saturated rings. The Labute approximate surface area is 132 Å². The third kappa shape index (κ3) is 1.78. The van der Waals surface area contributed by atoms with Gasteiger partial charge in [0.2, 0.25) is 0 Å². The normalized spacial score (nSPS) is 54.3. The highest BCUT2D eigenvalue weighted by atomic mass is 16.3. The zero-order valence-corrected chi connectivity index (χ0v) is 13.7. The van der Waals surface area contributed by atoms with Crippen LogP contribution in [0, 0.1) is 28.6 Å². The molecule has 22 heavy (non-hydrogen) atoms. The summed E-state index contributed by atoms with van der Waals surface area (Å²) in [6.45, 7) is 4.54. The lowest BCUT2D eigenvalue weighted by Crippen LogP contribution is -2.52. The van der Waals surface area contributed by atoms with Crippen LogP contribution in [-0.4, -0.2) is 28.2 Å². The number of hydrogen-bond acceptors (Lipinski definition) is 3. The summed E-state index contributed by atoms with van der Waals surface area (Å²) >= 11 is 0. The third-order valence-electron chi connectivity index (χ3n) is 7.90. The predicted octanol–water partition coefficient (Wildman–Crippen LogP) is 2.85. The average Bonchev–Trinajstić information content (AvgIpc) is 2.70. The lowest BCUT2D eigenvalue weighted by atomic mass is 9.47. The molecule has 4 aliphatic carbocycles. The molecule has 0 radical (unpaired) electrons. The summed E-state index contributed by atoms with van der Waals surface area (Å²) in [5, 5.41) is 21.1. The van der Waals surface area contributed by atoms with Crippen molar-refractivity contribution in [3.05, 3.63) is 11.6 Å². The summed E-state index contributed by atoms with van der Waals surface area (Å²) in [5.74, 6) is 1.60. The van der Waals surface area contributed by atoms with Crippen molar-refractivity contribution in [3.63, 3.8) is 0 Å². The minimum absolute atomic E-state index is 0.108. The predicted molar refractivity (Wildman–Crippen MR) is 84.1 cm³/mol. The van der Waals surface area contributed by atoms with Gasteiger partial charge in [-0.05, 0) is 66.8 Å². The van der Waals surface area contributed by atoms with E-state index in [4.69, 9.17) is 0 Å². The molecule has 4 rings (SSSR count). The van der Waals surface area contributed by atoms with Crippen molar-refractivity contribution in [2.45, 2.75) is 71.0 Å². The van der Waals surface area contributed by atoms with Gasteiger partial charge in [-0.1, -0.05) is 19.4 Å². The summed E-state index contributed by atoms with van der Waals surface area (Å²) < 4.78 is 0. The first-order chi connectivity index (χ1) is 10.4. The number of fused-ring (bicyclic) bond motifs is 5. The topological polar surface area (TPSA) is 57.5 Å². The van der Waals surface area contributed by atoms with Crippen LogP contribution in [0.1, 0.15) is 58.8 Å². The van der Waals surface area contributed by atoms with Crippen molar-refractivity contribution in [1.29, 1.82) is 0 Å². The van der Waals surface area contributed by atoms with Gasteiger partial charge in [0.1, 0.15) is 0 Å². The van der Waals surface area contributed by atoms with E-state index >= 15 is 0 Å². The number of ketones is 1. The van der Waals surface area contributed by atoms with Gasteiger partial charge in [-0.3, -0.25) is 4.79 Å². The lowest BCUT2D eigenvalue weighted by Gasteiger charge is -2.58. The van der Waals surface area contributed by atoms with E-state index in [-0.39, 0.29) is 29.0 Å². The molecule has 3 saturated carbocycles. The molecule has 0 aromatic rings. The van der Waals surface area contributed by atoms with Crippen molar-refractivity contribution in [3.8, 4) is 0 Å². The fourth-order valence-corrected chi connectivity index (χ4v) is 6.59. The zero-order valence-electron chi connectivity index (χ0n) is 13.7. The van der Waals surface area contributed by atoms with Crippen LogP contribution in [0.2, 0.25) is 0 Å². The Morgan fingerprint density at radius 2 is 1.91 bits per heavy atom. The smallest absolute Gasteiger partial charge is 0.155 e. The quantitative estimate of drug-likeness (QED) is 0.723. The van der Waals surface area contributed by atoms with Crippen molar-refractivity contribution in [1.82, 2.24) is 0 Å². The molecule has 0 amide bonds. The highest BCUT2D eigenvalue weighted by Crippen LogP contribution is 2.65. The Kier molecular flexibility index (Phi) is 3.16. The van der Waals surface area contributed by atoms with Crippen molar-refractivity contribution in [2.24, 2.45) is 28.6 Å². The molecule has 2 N–H and O–H groups in total.